The van der Waals surface area contributed by atoms with E-state index in [-0.39, 0.29) is 18.9 Å². The van der Waals surface area contributed by atoms with Crippen LogP contribution in [0.4, 0.5) is 4.39 Å². The molecule has 0 aliphatic carbocycles. The average molecular weight is 513 g/mol. The van der Waals surface area contributed by atoms with Crippen LogP contribution in [-0.2, 0) is 34.0 Å². The molecule has 1 amide bonds. The zero-order chi connectivity index (χ0) is 27.2. The lowest BCUT2D eigenvalue weighted by atomic mass is 10.2. The fraction of sp³-hybridized carbons (Fsp3) is 0.407. The Bertz CT molecular complexity index is 1050. The summed E-state index contributed by atoms with van der Waals surface area (Å²) in [6, 6.07) is 5.32. The number of nitrogens with zero attached hydrogens (tertiary/aromatic N) is 5. The van der Waals surface area contributed by atoms with E-state index in [2.05, 4.69) is 22.0 Å². The van der Waals surface area contributed by atoms with Gasteiger partial charge >= 0.3 is 0 Å². The third kappa shape index (κ3) is 8.68. The summed E-state index contributed by atoms with van der Waals surface area (Å²) in [5.74, 6) is -0.310. The minimum Gasteiger partial charge on any atom is -0.461 e. The largest absolute Gasteiger partial charge is 0.461 e. The molecule has 1 N–H and O–H groups in total. The Balaban J connectivity index is 0.00000235. The highest BCUT2D eigenvalue weighted by atomic mass is 19.1. The van der Waals surface area contributed by atoms with Gasteiger partial charge in [-0.2, -0.15) is 5.10 Å². The number of amides is 1. The lowest BCUT2D eigenvalue weighted by Gasteiger charge is -2.27. The molecule has 2 aromatic heterocycles. The van der Waals surface area contributed by atoms with Gasteiger partial charge in [-0.05, 0) is 31.2 Å². The molecular weight excluding hydrogens is 475 g/mol. The van der Waals surface area contributed by atoms with Crippen molar-refractivity contribution in [1.82, 2.24) is 29.9 Å². The summed E-state index contributed by atoms with van der Waals surface area (Å²) >= 11 is 0. The molecule has 9 nitrogen and oxygen atoms in total. The summed E-state index contributed by atoms with van der Waals surface area (Å²) in [7, 11) is 1.75. The van der Waals surface area contributed by atoms with Crippen LogP contribution in [0.25, 0.3) is 0 Å². The molecule has 0 radical (unpaired) electrons. The quantitative estimate of drug-likeness (QED) is 0.307. The Morgan fingerprint density at radius 2 is 2.11 bits per heavy atom. The maximum Gasteiger partial charge on any atom is 0.293 e. The SMILES string of the molecule is C=C/C=C(\C=C(\F)C(C)N1Cc2cn(Cc3ccccn3)nc2C1)N(C)CC(CNC=O)OC=O.CC. The molecule has 0 fully saturated rings. The number of ether oxygens (including phenoxy) is 1. The minimum atomic E-state index is -0.582. The number of allylic oxidation sites excluding steroid dienone is 3. The molecule has 200 valence electrons. The zero-order valence-corrected chi connectivity index (χ0v) is 22.0. The maximum atomic E-state index is 15.3. The van der Waals surface area contributed by atoms with Gasteiger partial charge in [-0.3, -0.25) is 24.2 Å². The number of aromatic nitrogens is 3. The van der Waals surface area contributed by atoms with Crippen molar-refractivity contribution < 1.29 is 18.7 Å². The standard InChI is InChI=1S/C25H31FN6O3.C2H6/c1-4-7-22(30(3)15-23(35-18-34)11-27-17-33)10-24(26)19(2)31-12-20-13-32(29-25(20)16-31)14-21-8-5-6-9-28-21;1-2/h4-10,13,17-19,23H,1,11-12,14-16H2,2-3H3,(H,27,33);1-2H3/b22-7+,24-10+;. The van der Waals surface area contributed by atoms with Crippen LogP contribution in [0, 0.1) is 0 Å². The number of halogens is 1. The van der Waals surface area contributed by atoms with Gasteiger partial charge in [-0.15, -0.1) is 0 Å². The van der Waals surface area contributed by atoms with Gasteiger partial charge in [0.05, 0.1) is 37.1 Å². The molecule has 0 spiro atoms. The third-order valence-electron chi connectivity index (χ3n) is 5.82. The number of carbonyl (C=O) groups is 2. The molecule has 0 saturated carbocycles. The second kappa shape index (κ2) is 15.4. The van der Waals surface area contributed by atoms with Gasteiger partial charge in [0.2, 0.25) is 6.41 Å². The summed E-state index contributed by atoms with van der Waals surface area (Å²) in [6.45, 7) is 12.0. The number of pyridine rings is 1. The van der Waals surface area contributed by atoms with Crippen molar-refractivity contribution in [3.63, 3.8) is 0 Å². The third-order valence-corrected chi connectivity index (χ3v) is 5.82. The summed E-state index contributed by atoms with van der Waals surface area (Å²) < 4.78 is 22.2. The number of nitrogens with one attached hydrogen (secondary N) is 1. The van der Waals surface area contributed by atoms with Crippen molar-refractivity contribution in [3.8, 4) is 0 Å². The molecule has 3 heterocycles. The van der Waals surface area contributed by atoms with Crippen molar-refractivity contribution in [2.24, 2.45) is 0 Å². The molecule has 3 rings (SSSR count). The molecule has 0 saturated heterocycles. The van der Waals surface area contributed by atoms with Crippen molar-refractivity contribution in [2.75, 3.05) is 20.1 Å². The fourth-order valence-corrected chi connectivity index (χ4v) is 3.91. The van der Waals surface area contributed by atoms with E-state index in [1.165, 1.54) is 6.08 Å². The van der Waals surface area contributed by atoms with Crippen LogP contribution in [0.15, 0.2) is 66.9 Å². The van der Waals surface area contributed by atoms with Crippen molar-refractivity contribution in [3.05, 3.63) is 83.9 Å². The molecule has 2 unspecified atom stereocenters. The predicted molar refractivity (Wildman–Crippen MR) is 141 cm³/mol. The molecular formula is C27H37FN6O3. The first-order valence-corrected chi connectivity index (χ1v) is 12.3. The van der Waals surface area contributed by atoms with E-state index < -0.39 is 12.1 Å². The van der Waals surface area contributed by atoms with Crippen LogP contribution in [0.3, 0.4) is 0 Å². The maximum absolute atomic E-state index is 15.3. The Morgan fingerprint density at radius 3 is 2.73 bits per heavy atom. The van der Waals surface area contributed by atoms with Crippen LogP contribution >= 0.6 is 0 Å². The smallest absolute Gasteiger partial charge is 0.293 e. The van der Waals surface area contributed by atoms with Crippen LogP contribution in [0.1, 0.15) is 37.7 Å². The number of fused-ring (bicyclic) bond motifs is 1. The van der Waals surface area contributed by atoms with Crippen LogP contribution < -0.4 is 5.32 Å². The lowest BCUT2D eigenvalue weighted by Crippen LogP contribution is -2.37. The summed E-state index contributed by atoms with van der Waals surface area (Å²) in [6.07, 6.45) is 8.40. The minimum absolute atomic E-state index is 0.152. The predicted octanol–water partition coefficient (Wildman–Crippen LogP) is 3.20. The van der Waals surface area contributed by atoms with Gasteiger partial charge < -0.3 is 15.0 Å². The van der Waals surface area contributed by atoms with E-state index in [1.807, 2.05) is 54.7 Å². The first-order chi connectivity index (χ1) is 17.9. The normalized spacial score (nSPS) is 15.1. The van der Waals surface area contributed by atoms with E-state index in [1.54, 1.807) is 30.3 Å². The van der Waals surface area contributed by atoms with E-state index in [0.717, 1.165) is 17.0 Å². The lowest BCUT2D eigenvalue weighted by molar-refractivity contribution is -0.134. The first kappa shape index (κ1) is 29.4. The number of hydrogen-bond acceptors (Lipinski definition) is 7. The van der Waals surface area contributed by atoms with E-state index >= 15 is 4.39 Å². The highest BCUT2D eigenvalue weighted by Crippen LogP contribution is 2.27. The molecule has 1 aliphatic rings. The fourth-order valence-electron chi connectivity index (χ4n) is 3.91. The van der Waals surface area contributed by atoms with Gasteiger partial charge in [-0.1, -0.05) is 32.6 Å². The molecule has 10 heteroatoms. The summed E-state index contributed by atoms with van der Waals surface area (Å²) in [4.78, 5) is 29.5. The van der Waals surface area contributed by atoms with Crippen molar-refractivity contribution >= 4 is 12.9 Å². The highest BCUT2D eigenvalue weighted by Gasteiger charge is 2.28. The van der Waals surface area contributed by atoms with Crippen LogP contribution in [-0.4, -0.2) is 69.7 Å². The molecule has 0 bridgehead atoms. The Morgan fingerprint density at radius 1 is 1.32 bits per heavy atom. The summed E-state index contributed by atoms with van der Waals surface area (Å²) in [5.41, 5.74) is 3.51. The number of rotatable bonds is 14. The monoisotopic (exact) mass is 512 g/mol. The van der Waals surface area contributed by atoms with Gasteiger partial charge in [-0.25, -0.2) is 4.39 Å². The van der Waals surface area contributed by atoms with Gasteiger partial charge in [0.1, 0.15) is 11.9 Å². The van der Waals surface area contributed by atoms with Crippen LogP contribution in [0.2, 0.25) is 0 Å². The summed E-state index contributed by atoms with van der Waals surface area (Å²) in [5, 5.41) is 7.15. The first-order valence-electron chi connectivity index (χ1n) is 12.3. The highest BCUT2D eigenvalue weighted by molar-refractivity contribution is 5.46. The average Bonchev–Trinajstić information content (AvgIpc) is 3.47. The Hall–Kier alpha value is -3.79. The molecule has 0 aromatic carbocycles. The number of likely N-dealkylation sites (N-methyl/N-ethyl adjacent to an activating group) is 1. The molecule has 1 aliphatic heterocycles. The number of carbonyl (C=O) groups excluding carboxylic acids is 2. The molecule has 37 heavy (non-hydrogen) atoms. The van der Waals surface area contributed by atoms with Gasteiger partial charge in [0, 0.05) is 43.8 Å². The zero-order valence-electron chi connectivity index (χ0n) is 22.0. The van der Waals surface area contributed by atoms with Gasteiger partial charge in [0.15, 0.2) is 0 Å². The van der Waals surface area contributed by atoms with E-state index in [9.17, 15) is 9.59 Å². The van der Waals surface area contributed by atoms with E-state index in [0.29, 0.717) is 38.2 Å². The van der Waals surface area contributed by atoms with Crippen LogP contribution in [0.5, 0.6) is 0 Å². The number of hydrogen-bond donors (Lipinski definition) is 1. The Labute approximate surface area is 218 Å². The molecule has 2 aromatic rings. The van der Waals surface area contributed by atoms with Crippen molar-refractivity contribution in [1.29, 1.82) is 0 Å². The Kier molecular flexibility index (Phi) is 12.2. The second-order valence-electron chi connectivity index (χ2n) is 8.32. The topological polar surface area (TPSA) is 92.6 Å². The van der Waals surface area contributed by atoms with E-state index in [4.69, 9.17) is 4.74 Å². The van der Waals surface area contributed by atoms with Crippen molar-refractivity contribution in [2.45, 2.75) is 52.6 Å². The van der Waals surface area contributed by atoms with Gasteiger partial charge in [0.25, 0.3) is 6.47 Å². The molecule has 2 atom stereocenters. The second-order valence-corrected chi connectivity index (χ2v) is 8.32.